The van der Waals surface area contributed by atoms with Gasteiger partial charge in [-0.25, -0.2) is 9.78 Å². The molecule has 100 valence electrons. The van der Waals surface area contributed by atoms with Crippen LogP contribution in [0.3, 0.4) is 0 Å². The van der Waals surface area contributed by atoms with Crippen molar-refractivity contribution in [3.8, 4) is 11.1 Å². The third-order valence-electron chi connectivity index (χ3n) is 3.31. The molecule has 0 aliphatic rings. The topological polar surface area (TPSA) is 66.0 Å². The van der Waals surface area contributed by atoms with Crippen molar-refractivity contribution >= 4 is 17.0 Å². The first-order chi connectivity index (χ1) is 9.67. The molecule has 20 heavy (non-hydrogen) atoms. The molecule has 0 amide bonds. The Morgan fingerprint density at radius 3 is 2.75 bits per heavy atom. The van der Waals surface area contributed by atoms with E-state index in [0.29, 0.717) is 5.56 Å². The van der Waals surface area contributed by atoms with E-state index in [0.717, 1.165) is 34.4 Å². The third kappa shape index (κ3) is 2.16. The Morgan fingerprint density at radius 2 is 2.00 bits per heavy atom. The summed E-state index contributed by atoms with van der Waals surface area (Å²) in [6.45, 7) is 2.05. The van der Waals surface area contributed by atoms with Crippen LogP contribution in [0.4, 0.5) is 0 Å². The highest BCUT2D eigenvalue weighted by Crippen LogP contribution is 2.24. The second-order valence-corrected chi connectivity index (χ2v) is 4.65. The van der Waals surface area contributed by atoms with Gasteiger partial charge in [0.05, 0.1) is 16.6 Å². The summed E-state index contributed by atoms with van der Waals surface area (Å²) in [6.07, 6.45) is 0.860. The molecular formula is C16H14N2O2. The van der Waals surface area contributed by atoms with Crippen LogP contribution in [-0.2, 0) is 6.42 Å². The van der Waals surface area contributed by atoms with Gasteiger partial charge in [-0.3, -0.25) is 0 Å². The molecule has 0 atom stereocenters. The normalized spacial score (nSPS) is 10.8. The number of carboxylic acid groups (broad SMARTS) is 1. The Bertz CT molecular complexity index is 790. The number of rotatable bonds is 3. The summed E-state index contributed by atoms with van der Waals surface area (Å²) < 4.78 is 0. The van der Waals surface area contributed by atoms with E-state index in [1.807, 2.05) is 24.3 Å². The van der Waals surface area contributed by atoms with Crippen molar-refractivity contribution in [1.29, 1.82) is 0 Å². The molecule has 3 rings (SSSR count). The lowest BCUT2D eigenvalue weighted by Gasteiger charge is -2.03. The first-order valence-electron chi connectivity index (χ1n) is 6.50. The third-order valence-corrected chi connectivity index (χ3v) is 3.31. The first-order valence-corrected chi connectivity index (χ1v) is 6.50. The highest BCUT2D eigenvalue weighted by molar-refractivity contribution is 5.90. The molecule has 0 fully saturated rings. The molecule has 4 heteroatoms. The van der Waals surface area contributed by atoms with E-state index >= 15 is 0 Å². The Morgan fingerprint density at radius 1 is 1.20 bits per heavy atom. The van der Waals surface area contributed by atoms with Crippen LogP contribution in [0.1, 0.15) is 23.1 Å². The number of aryl methyl sites for hydroxylation is 1. The molecule has 0 aliphatic carbocycles. The minimum Gasteiger partial charge on any atom is -0.478 e. The number of carbonyl (C=O) groups is 1. The van der Waals surface area contributed by atoms with Gasteiger partial charge in [-0.15, -0.1) is 0 Å². The lowest BCUT2D eigenvalue weighted by Crippen LogP contribution is -1.95. The lowest BCUT2D eigenvalue weighted by molar-refractivity contribution is 0.0697. The van der Waals surface area contributed by atoms with Crippen LogP contribution in [0.5, 0.6) is 0 Å². The number of benzene rings is 2. The van der Waals surface area contributed by atoms with Crippen molar-refractivity contribution in [1.82, 2.24) is 9.97 Å². The predicted molar refractivity (Wildman–Crippen MR) is 77.9 cm³/mol. The van der Waals surface area contributed by atoms with Crippen LogP contribution in [0.2, 0.25) is 0 Å². The zero-order valence-corrected chi connectivity index (χ0v) is 11.1. The molecule has 0 radical (unpaired) electrons. The van der Waals surface area contributed by atoms with Crippen LogP contribution < -0.4 is 0 Å². The summed E-state index contributed by atoms with van der Waals surface area (Å²) in [5.74, 6) is 0.0409. The van der Waals surface area contributed by atoms with E-state index in [-0.39, 0.29) is 0 Å². The summed E-state index contributed by atoms with van der Waals surface area (Å²) in [6, 6.07) is 12.9. The minimum absolute atomic E-state index is 0.293. The highest BCUT2D eigenvalue weighted by Gasteiger charge is 2.07. The van der Waals surface area contributed by atoms with Crippen molar-refractivity contribution in [2.24, 2.45) is 0 Å². The van der Waals surface area contributed by atoms with E-state index in [1.54, 1.807) is 18.2 Å². The number of aromatic nitrogens is 2. The van der Waals surface area contributed by atoms with Crippen LogP contribution >= 0.6 is 0 Å². The first kappa shape index (κ1) is 12.4. The summed E-state index contributed by atoms with van der Waals surface area (Å²) in [7, 11) is 0. The maximum Gasteiger partial charge on any atom is 0.335 e. The van der Waals surface area contributed by atoms with Crippen molar-refractivity contribution in [3.05, 3.63) is 53.9 Å². The molecule has 0 unspecified atom stereocenters. The molecule has 2 aromatic carbocycles. The van der Waals surface area contributed by atoms with Crippen molar-refractivity contribution in [2.75, 3.05) is 0 Å². The number of H-pyrrole nitrogens is 1. The molecule has 3 aromatic rings. The monoisotopic (exact) mass is 266 g/mol. The summed E-state index contributed by atoms with van der Waals surface area (Å²) >= 11 is 0. The van der Waals surface area contributed by atoms with E-state index in [4.69, 9.17) is 5.11 Å². The maximum atomic E-state index is 11.0. The van der Waals surface area contributed by atoms with Gasteiger partial charge in [-0.1, -0.05) is 25.1 Å². The largest absolute Gasteiger partial charge is 0.478 e. The van der Waals surface area contributed by atoms with E-state index < -0.39 is 5.97 Å². The fourth-order valence-corrected chi connectivity index (χ4v) is 2.24. The summed E-state index contributed by atoms with van der Waals surface area (Å²) in [4.78, 5) is 18.8. The van der Waals surface area contributed by atoms with Crippen LogP contribution in [0, 0.1) is 0 Å². The number of fused-ring (bicyclic) bond motifs is 1. The number of carboxylic acids is 1. The molecule has 4 nitrogen and oxygen atoms in total. The van der Waals surface area contributed by atoms with Gasteiger partial charge < -0.3 is 10.1 Å². The number of aromatic carboxylic acids is 1. The van der Waals surface area contributed by atoms with Gasteiger partial charge in [0.1, 0.15) is 5.82 Å². The highest BCUT2D eigenvalue weighted by atomic mass is 16.4. The van der Waals surface area contributed by atoms with Gasteiger partial charge in [0.2, 0.25) is 0 Å². The molecule has 0 spiro atoms. The predicted octanol–water partition coefficient (Wildman–Crippen LogP) is 3.49. The van der Waals surface area contributed by atoms with Crippen molar-refractivity contribution in [3.63, 3.8) is 0 Å². The lowest BCUT2D eigenvalue weighted by atomic mass is 10.0. The van der Waals surface area contributed by atoms with E-state index in [1.165, 1.54) is 0 Å². The average Bonchev–Trinajstić information content (AvgIpc) is 2.89. The number of nitrogens with zero attached hydrogens (tertiary/aromatic N) is 1. The molecule has 2 N–H and O–H groups in total. The molecule has 0 aliphatic heterocycles. The van der Waals surface area contributed by atoms with Gasteiger partial charge in [-0.05, 0) is 35.4 Å². The van der Waals surface area contributed by atoms with Crippen LogP contribution in [0.15, 0.2) is 42.5 Å². The summed E-state index contributed by atoms with van der Waals surface area (Å²) in [5, 5.41) is 9.05. The Kier molecular flexibility index (Phi) is 2.99. The Hall–Kier alpha value is -2.62. The zero-order valence-electron chi connectivity index (χ0n) is 11.1. The molecule has 1 heterocycles. The minimum atomic E-state index is -0.914. The van der Waals surface area contributed by atoms with Crippen LogP contribution in [-0.4, -0.2) is 21.0 Å². The van der Waals surface area contributed by atoms with E-state index in [9.17, 15) is 4.79 Å². The van der Waals surface area contributed by atoms with Gasteiger partial charge in [0.25, 0.3) is 0 Å². The second kappa shape index (κ2) is 4.81. The molecule has 0 saturated heterocycles. The maximum absolute atomic E-state index is 11.0. The Labute approximate surface area is 116 Å². The summed E-state index contributed by atoms with van der Waals surface area (Å²) in [5.41, 5.74) is 4.06. The van der Waals surface area contributed by atoms with Crippen molar-refractivity contribution in [2.45, 2.75) is 13.3 Å². The fourth-order valence-electron chi connectivity index (χ4n) is 2.24. The van der Waals surface area contributed by atoms with E-state index in [2.05, 4.69) is 16.9 Å². The van der Waals surface area contributed by atoms with Gasteiger partial charge in [0.15, 0.2) is 0 Å². The molecule has 1 aromatic heterocycles. The zero-order chi connectivity index (χ0) is 14.1. The van der Waals surface area contributed by atoms with Crippen molar-refractivity contribution < 1.29 is 9.90 Å². The standard InChI is InChI=1S/C16H14N2O2/c1-2-15-17-13-7-6-11(9-14(13)18-15)10-4-3-5-12(8-10)16(19)20/h3-9H,2H2,1H3,(H,17,18)(H,19,20). The quantitative estimate of drug-likeness (QED) is 0.762. The fraction of sp³-hybridized carbons (Fsp3) is 0.125. The number of imidazole rings is 1. The van der Waals surface area contributed by atoms with Crippen LogP contribution in [0.25, 0.3) is 22.2 Å². The Balaban J connectivity index is 2.09. The van der Waals surface area contributed by atoms with Gasteiger partial charge in [0, 0.05) is 6.42 Å². The molecule has 0 bridgehead atoms. The number of nitrogens with one attached hydrogen (secondary N) is 1. The average molecular weight is 266 g/mol. The molecular weight excluding hydrogens is 252 g/mol. The van der Waals surface area contributed by atoms with Gasteiger partial charge in [-0.2, -0.15) is 0 Å². The number of hydrogen-bond acceptors (Lipinski definition) is 2. The SMILES string of the molecule is CCc1nc2ccc(-c3cccc(C(=O)O)c3)cc2[nH]1. The number of aromatic amines is 1. The second-order valence-electron chi connectivity index (χ2n) is 4.65. The molecule has 0 saturated carbocycles. The van der Waals surface area contributed by atoms with Gasteiger partial charge >= 0.3 is 5.97 Å². The number of hydrogen-bond donors (Lipinski definition) is 2. The smallest absolute Gasteiger partial charge is 0.335 e.